The van der Waals surface area contributed by atoms with E-state index in [9.17, 15) is 8.78 Å². The molecule has 0 saturated heterocycles. The van der Waals surface area contributed by atoms with Crippen molar-refractivity contribution in [2.45, 2.75) is 31.8 Å². The van der Waals surface area contributed by atoms with Crippen LogP contribution in [0, 0.1) is 11.6 Å². The zero-order chi connectivity index (χ0) is 12.3. The second-order valence-electron chi connectivity index (χ2n) is 4.44. The zero-order valence-corrected chi connectivity index (χ0v) is 11.2. The van der Waals surface area contributed by atoms with Crippen molar-refractivity contribution in [1.29, 1.82) is 0 Å². The largest absolute Gasteiger partial charge is 0.295 e. The van der Waals surface area contributed by atoms with Crippen molar-refractivity contribution in [3.63, 3.8) is 0 Å². The Hall–Kier alpha value is -0.480. The fourth-order valence-electron chi connectivity index (χ4n) is 2.14. The lowest BCUT2D eigenvalue weighted by atomic mass is 9.91. The molecule has 1 saturated carbocycles. The van der Waals surface area contributed by atoms with Gasteiger partial charge in [0.05, 0.1) is 0 Å². The topological polar surface area (TPSA) is 3.24 Å². The zero-order valence-electron chi connectivity index (χ0n) is 9.63. The van der Waals surface area contributed by atoms with Gasteiger partial charge in [-0.2, -0.15) is 0 Å². The normalized spacial score (nSPS) is 16.2. The van der Waals surface area contributed by atoms with Crippen molar-refractivity contribution in [3.05, 3.63) is 35.4 Å². The van der Waals surface area contributed by atoms with Crippen molar-refractivity contribution in [3.8, 4) is 0 Å². The molecule has 0 bridgehead atoms. The van der Waals surface area contributed by atoms with Crippen LogP contribution in [0.1, 0.15) is 24.8 Å². The van der Waals surface area contributed by atoms with Gasteiger partial charge in [0, 0.05) is 30.0 Å². The van der Waals surface area contributed by atoms with Gasteiger partial charge >= 0.3 is 0 Å². The molecule has 1 fully saturated rings. The van der Waals surface area contributed by atoms with Crippen LogP contribution in [0.25, 0.3) is 0 Å². The molecule has 1 nitrogen and oxygen atoms in total. The number of halogens is 3. The average Bonchev–Trinajstić information content (AvgIpc) is 2.21. The second kappa shape index (κ2) is 5.91. The fraction of sp³-hybridized carbons (Fsp3) is 0.538. The van der Waals surface area contributed by atoms with Crippen LogP contribution in [-0.4, -0.2) is 22.8 Å². The smallest absolute Gasteiger partial charge is 0.130 e. The summed E-state index contributed by atoms with van der Waals surface area (Å²) < 4.78 is 27.1. The van der Waals surface area contributed by atoms with Gasteiger partial charge in [0.1, 0.15) is 11.6 Å². The molecule has 0 N–H and O–H groups in total. The predicted molar refractivity (Wildman–Crippen MR) is 68.2 cm³/mol. The Labute approximate surface area is 109 Å². The molecule has 0 radical (unpaired) electrons. The highest BCUT2D eigenvalue weighted by molar-refractivity contribution is 9.09. The Bertz CT molecular complexity index is 359. The summed E-state index contributed by atoms with van der Waals surface area (Å²) in [6.07, 6.45) is 3.51. The van der Waals surface area contributed by atoms with Crippen molar-refractivity contribution >= 4 is 15.9 Å². The minimum absolute atomic E-state index is 0.195. The lowest BCUT2D eigenvalue weighted by molar-refractivity contribution is 0.125. The van der Waals surface area contributed by atoms with Gasteiger partial charge in [0.25, 0.3) is 0 Å². The third kappa shape index (κ3) is 3.05. The van der Waals surface area contributed by atoms with E-state index in [2.05, 4.69) is 20.8 Å². The maximum atomic E-state index is 13.6. The molecule has 1 aromatic rings. The monoisotopic (exact) mass is 303 g/mol. The highest BCUT2D eigenvalue weighted by atomic mass is 79.9. The summed E-state index contributed by atoms with van der Waals surface area (Å²) >= 11 is 3.39. The summed E-state index contributed by atoms with van der Waals surface area (Å²) in [6, 6.07) is 4.55. The predicted octanol–water partition coefficient (Wildman–Crippen LogP) is 3.71. The fourth-order valence-corrected chi connectivity index (χ4v) is 2.59. The Morgan fingerprint density at radius 3 is 2.35 bits per heavy atom. The van der Waals surface area contributed by atoms with Crippen molar-refractivity contribution in [1.82, 2.24) is 4.90 Å². The minimum atomic E-state index is -0.441. The van der Waals surface area contributed by atoms with Gasteiger partial charge in [0.2, 0.25) is 0 Å². The van der Waals surface area contributed by atoms with Gasteiger partial charge in [-0.15, -0.1) is 0 Å². The van der Waals surface area contributed by atoms with E-state index in [1.807, 2.05) is 0 Å². The molecule has 0 atom stereocenters. The maximum absolute atomic E-state index is 13.6. The number of alkyl halides is 1. The molecule has 0 heterocycles. The number of hydrogen-bond donors (Lipinski definition) is 0. The molecular formula is C13H16BrF2N. The minimum Gasteiger partial charge on any atom is -0.295 e. The molecule has 1 aliphatic rings. The Balaban J connectivity index is 2.10. The summed E-state index contributed by atoms with van der Waals surface area (Å²) in [7, 11) is 0. The van der Waals surface area contributed by atoms with Crippen LogP contribution in [0.5, 0.6) is 0 Å². The molecule has 2 rings (SSSR count). The molecule has 0 spiro atoms. The Morgan fingerprint density at radius 2 is 1.88 bits per heavy atom. The molecule has 0 aromatic heterocycles. The van der Waals surface area contributed by atoms with Crippen LogP contribution in [-0.2, 0) is 6.54 Å². The third-order valence-electron chi connectivity index (χ3n) is 3.39. The van der Waals surface area contributed by atoms with Crippen LogP contribution < -0.4 is 0 Å². The summed E-state index contributed by atoms with van der Waals surface area (Å²) in [4.78, 5) is 2.17. The van der Waals surface area contributed by atoms with Crippen LogP contribution in [0.2, 0.25) is 0 Å². The number of hydrogen-bond acceptors (Lipinski definition) is 1. The van der Waals surface area contributed by atoms with Gasteiger partial charge in [-0.3, -0.25) is 4.90 Å². The molecule has 1 aromatic carbocycles. The van der Waals surface area contributed by atoms with Crippen molar-refractivity contribution in [2.24, 2.45) is 0 Å². The molecule has 0 unspecified atom stereocenters. The van der Waals surface area contributed by atoms with E-state index < -0.39 is 11.6 Å². The summed E-state index contributed by atoms with van der Waals surface area (Å²) in [5.41, 5.74) is 0.195. The van der Waals surface area contributed by atoms with E-state index in [1.165, 1.54) is 24.6 Å². The van der Waals surface area contributed by atoms with Crippen LogP contribution in [0.4, 0.5) is 8.78 Å². The van der Waals surface area contributed by atoms with E-state index in [4.69, 9.17) is 0 Å². The van der Waals surface area contributed by atoms with Gasteiger partial charge in [-0.25, -0.2) is 8.78 Å². The standard InChI is InChI=1S/C13H16BrF2N/c14-7-8-17(10-3-1-4-10)9-11-12(15)5-2-6-13(11)16/h2,5-6,10H,1,3-4,7-9H2. The first-order valence-corrected chi connectivity index (χ1v) is 7.07. The van der Waals surface area contributed by atoms with Crippen LogP contribution >= 0.6 is 15.9 Å². The summed E-state index contributed by atoms with van der Waals surface area (Å²) in [5, 5.41) is 0.833. The summed E-state index contributed by atoms with van der Waals surface area (Å²) in [6.45, 7) is 1.20. The molecule has 1 aliphatic carbocycles. The summed E-state index contributed by atoms with van der Waals surface area (Å²) in [5.74, 6) is -0.882. The van der Waals surface area contributed by atoms with E-state index in [1.54, 1.807) is 0 Å². The quantitative estimate of drug-likeness (QED) is 0.750. The van der Waals surface area contributed by atoms with Gasteiger partial charge < -0.3 is 0 Å². The molecular weight excluding hydrogens is 288 g/mol. The van der Waals surface area contributed by atoms with Gasteiger partial charge in [-0.1, -0.05) is 28.4 Å². The maximum Gasteiger partial charge on any atom is 0.130 e. The highest BCUT2D eigenvalue weighted by Gasteiger charge is 2.25. The van der Waals surface area contributed by atoms with E-state index in [0.29, 0.717) is 12.6 Å². The van der Waals surface area contributed by atoms with E-state index in [0.717, 1.165) is 24.7 Å². The van der Waals surface area contributed by atoms with Crippen LogP contribution in [0.3, 0.4) is 0 Å². The van der Waals surface area contributed by atoms with E-state index in [-0.39, 0.29) is 5.56 Å². The SMILES string of the molecule is Fc1cccc(F)c1CN(CCBr)C1CCC1. The lowest BCUT2D eigenvalue weighted by Crippen LogP contribution is -2.41. The van der Waals surface area contributed by atoms with Crippen molar-refractivity contribution < 1.29 is 8.78 Å². The molecule has 17 heavy (non-hydrogen) atoms. The average molecular weight is 304 g/mol. The van der Waals surface area contributed by atoms with E-state index >= 15 is 0 Å². The van der Waals surface area contributed by atoms with Gasteiger partial charge in [0.15, 0.2) is 0 Å². The number of nitrogens with zero attached hydrogens (tertiary/aromatic N) is 1. The molecule has 94 valence electrons. The Kier molecular flexibility index (Phi) is 4.51. The third-order valence-corrected chi connectivity index (χ3v) is 3.74. The Morgan fingerprint density at radius 1 is 1.24 bits per heavy atom. The highest BCUT2D eigenvalue weighted by Crippen LogP contribution is 2.27. The molecule has 4 heteroatoms. The van der Waals surface area contributed by atoms with Gasteiger partial charge in [-0.05, 0) is 25.0 Å². The number of benzene rings is 1. The first kappa shape index (κ1) is 13.0. The molecule has 0 aliphatic heterocycles. The lowest BCUT2D eigenvalue weighted by Gasteiger charge is -2.37. The van der Waals surface area contributed by atoms with Crippen LogP contribution in [0.15, 0.2) is 18.2 Å². The first-order chi connectivity index (χ1) is 8.22. The first-order valence-electron chi connectivity index (χ1n) is 5.95. The van der Waals surface area contributed by atoms with Crippen molar-refractivity contribution in [2.75, 3.05) is 11.9 Å². The molecule has 0 amide bonds. The number of rotatable bonds is 5. The second-order valence-corrected chi connectivity index (χ2v) is 5.24.